The Labute approximate surface area is 194 Å². The van der Waals surface area contributed by atoms with Gasteiger partial charge in [0, 0.05) is 38.8 Å². The van der Waals surface area contributed by atoms with Crippen LogP contribution in [0.2, 0.25) is 0 Å². The first-order valence-electron chi connectivity index (χ1n) is 10.4. The molecule has 2 aromatic carbocycles. The summed E-state index contributed by atoms with van der Waals surface area (Å²) in [5, 5.41) is 2.82. The number of benzene rings is 2. The summed E-state index contributed by atoms with van der Waals surface area (Å²) in [5.41, 5.74) is 1.88. The molecule has 0 radical (unpaired) electrons. The molecule has 0 bridgehead atoms. The SMILES string of the molecule is Cc1cc(S(=O)(=O)N(C)C)cc(NC(=O)C2CCN(S(=O)(=O)c3ccccc3F)CC2)c1C. The van der Waals surface area contributed by atoms with E-state index >= 15 is 0 Å². The van der Waals surface area contributed by atoms with E-state index < -0.39 is 31.8 Å². The van der Waals surface area contributed by atoms with Crippen LogP contribution in [0.25, 0.3) is 0 Å². The summed E-state index contributed by atoms with van der Waals surface area (Å²) >= 11 is 0. The number of nitrogens with one attached hydrogen (secondary N) is 1. The Bertz CT molecular complexity index is 1270. The molecule has 0 aliphatic carbocycles. The maximum atomic E-state index is 14.0. The molecule has 1 amide bonds. The van der Waals surface area contributed by atoms with Crippen LogP contribution >= 0.6 is 0 Å². The Kier molecular flexibility index (Phi) is 7.27. The zero-order valence-electron chi connectivity index (χ0n) is 19.0. The largest absolute Gasteiger partial charge is 0.326 e. The van der Waals surface area contributed by atoms with E-state index in [0.717, 1.165) is 21.5 Å². The van der Waals surface area contributed by atoms with Crippen molar-refractivity contribution in [2.24, 2.45) is 5.92 Å². The molecule has 0 saturated carbocycles. The van der Waals surface area contributed by atoms with Crippen molar-refractivity contribution in [2.75, 3.05) is 32.5 Å². The van der Waals surface area contributed by atoms with E-state index in [4.69, 9.17) is 0 Å². The van der Waals surface area contributed by atoms with Crippen molar-refractivity contribution in [1.29, 1.82) is 0 Å². The first-order valence-corrected chi connectivity index (χ1v) is 13.3. The number of anilines is 1. The van der Waals surface area contributed by atoms with Crippen molar-refractivity contribution in [3.05, 3.63) is 53.3 Å². The van der Waals surface area contributed by atoms with Crippen LogP contribution < -0.4 is 5.32 Å². The molecular weight excluding hydrogens is 469 g/mol. The van der Waals surface area contributed by atoms with E-state index in [2.05, 4.69) is 5.32 Å². The fourth-order valence-electron chi connectivity index (χ4n) is 3.70. The highest BCUT2D eigenvalue weighted by Gasteiger charge is 2.33. The van der Waals surface area contributed by atoms with Crippen LogP contribution in [0.5, 0.6) is 0 Å². The molecule has 1 heterocycles. The number of piperidine rings is 1. The predicted octanol–water partition coefficient (Wildman–Crippen LogP) is 2.73. The standard InChI is InChI=1S/C22H28FN3O5S2/c1-15-13-18(32(28,29)25(3)4)14-20(16(15)2)24-22(27)17-9-11-26(12-10-17)33(30,31)21-8-6-5-7-19(21)23/h5-8,13-14,17H,9-12H2,1-4H3,(H,24,27). The van der Waals surface area contributed by atoms with Gasteiger partial charge in [-0.15, -0.1) is 0 Å². The number of hydrogen-bond acceptors (Lipinski definition) is 5. The number of nitrogens with zero attached hydrogens (tertiary/aromatic N) is 2. The molecule has 180 valence electrons. The highest BCUT2D eigenvalue weighted by Crippen LogP contribution is 2.29. The van der Waals surface area contributed by atoms with Gasteiger partial charge >= 0.3 is 0 Å². The van der Waals surface area contributed by atoms with E-state index in [1.54, 1.807) is 19.9 Å². The first kappa shape index (κ1) is 25.3. The highest BCUT2D eigenvalue weighted by atomic mass is 32.2. The molecule has 3 rings (SSSR count). The second kappa shape index (κ2) is 9.49. The van der Waals surface area contributed by atoms with Crippen LogP contribution in [0.15, 0.2) is 46.2 Å². The zero-order valence-corrected chi connectivity index (χ0v) is 20.6. The third-order valence-electron chi connectivity index (χ3n) is 5.96. The van der Waals surface area contributed by atoms with Crippen molar-refractivity contribution in [3.63, 3.8) is 0 Å². The quantitative estimate of drug-likeness (QED) is 0.661. The van der Waals surface area contributed by atoms with Crippen LogP contribution in [-0.2, 0) is 24.8 Å². The normalized spacial score (nSPS) is 16.2. The van der Waals surface area contributed by atoms with E-state index in [9.17, 15) is 26.0 Å². The van der Waals surface area contributed by atoms with Gasteiger partial charge in [0.2, 0.25) is 26.0 Å². The molecule has 1 saturated heterocycles. The van der Waals surface area contributed by atoms with Gasteiger partial charge in [-0.3, -0.25) is 4.79 Å². The average Bonchev–Trinajstić information content (AvgIpc) is 2.76. The van der Waals surface area contributed by atoms with Crippen LogP contribution in [0, 0.1) is 25.6 Å². The van der Waals surface area contributed by atoms with E-state index in [0.29, 0.717) is 5.69 Å². The molecule has 1 N–H and O–H groups in total. The minimum atomic E-state index is -3.99. The molecule has 1 aliphatic rings. The smallest absolute Gasteiger partial charge is 0.245 e. The number of carbonyl (C=O) groups excluding carboxylic acids is 1. The Hall–Kier alpha value is -2.34. The van der Waals surface area contributed by atoms with Crippen molar-refractivity contribution in [1.82, 2.24) is 8.61 Å². The molecule has 0 atom stereocenters. The van der Waals surface area contributed by atoms with Gasteiger partial charge in [-0.05, 0) is 62.1 Å². The van der Waals surface area contributed by atoms with E-state index in [-0.39, 0.29) is 41.6 Å². The maximum absolute atomic E-state index is 14.0. The third-order valence-corrected chi connectivity index (χ3v) is 9.68. The van der Waals surface area contributed by atoms with Crippen LogP contribution in [0.3, 0.4) is 0 Å². The molecule has 11 heteroatoms. The molecule has 8 nitrogen and oxygen atoms in total. The molecular formula is C22H28FN3O5S2. The van der Waals surface area contributed by atoms with Gasteiger partial charge in [0.1, 0.15) is 10.7 Å². The fourth-order valence-corrected chi connectivity index (χ4v) is 6.25. The molecule has 1 fully saturated rings. The first-order chi connectivity index (χ1) is 15.4. The van der Waals surface area contributed by atoms with Gasteiger partial charge in [0.25, 0.3) is 0 Å². The Balaban J connectivity index is 1.74. The number of halogens is 1. The Morgan fingerprint density at radius 1 is 1.06 bits per heavy atom. The number of carbonyl (C=O) groups is 1. The summed E-state index contributed by atoms with van der Waals surface area (Å²) in [6.45, 7) is 3.73. The van der Waals surface area contributed by atoms with E-state index in [1.807, 2.05) is 0 Å². The number of sulfonamides is 2. The molecule has 1 aliphatic heterocycles. The van der Waals surface area contributed by atoms with E-state index in [1.165, 1.54) is 42.7 Å². The summed E-state index contributed by atoms with van der Waals surface area (Å²) in [7, 11) is -4.79. The van der Waals surface area contributed by atoms with Gasteiger partial charge < -0.3 is 5.32 Å². The monoisotopic (exact) mass is 497 g/mol. The second-order valence-electron chi connectivity index (χ2n) is 8.30. The van der Waals surface area contributed by atoms with Gasteiger partial charge in [-0.1, -0.05) is 12.1 Å². The highest BCUT2D eigenvalue weighted by molar-refractivity contribution is 7.89. The lowest BCUT2D eigenvalue weighted by molar-refractivity contribution is -0.120. The summed E-state index contributed by atoms with van der Waals surface area (Å²) in [6.07, 6.45) is 0.542. The van der Waals surface area contributed by atoms with Crippen molar-refractivity contribution in [2.45, 2.75) is 36.5 Å². The Morgan fingerprint density at radius 3 is 2.24 bits per heavy atom. The van der Waals surface area contributed by atoms with Crippen LogP contribution in [0.4, 0.5) is 10.1 Å². The summed E-state index contributed by atoms with van der Waals surface area (Å²) in [5.74, 6) is -1.57. The lowest BCUT2D eigenvalue weighted by Gasteiger charge is -2.30. The average molecular weight is 498 g/mol. The lowest BCUT2D eigenvalue weighted by atomic mass is 9.97. The minimum absolute atomic E-state index is 0.0803. The van der Waals surface area contributed by atoms with Gasteiger partial charge in [0.05, 0.1) is 4.90 Å². The molecule has 2 aromatic rings. The molecule has 0 aromatic heterocycles. The number of aryl methyl sites for hydroxylation is 1. The van der Waals surface area contributed by atoms with Crippen molar-refractivity contribution in [3.8, 4) is 0 Å². The van der Waals surface area contributed by atoms with Gasteiger partial charge in [-0.25, -0.2) is 25.5 Å². The fraction of sp³-hybridized carbons (Fsp3) is 0.409. The van der Waals surface area contributed by atoms with Gasteiger partial charge in [0.15, 0.2) is 0 Å². The molecule has 0 unspecified atom stereocenters. The number of rotatable bonds is 6. The van der Waals surface area contributed by atoms with Crippen molar-refractivity contribution < 1.29 is 26.0 Å². The predicted molar refractivity (Wildman–Crippen MR) is 123 cm³/mol. The maximum Gasteiger partial charge on any atom is 0.245 e. The van der Waals surface area contributed by atoms with Crippen LogP contribution in [-0.4, -0.2) is 58.5 Å². The lowest BCUT2D eigenvalue weighted by Crippen LogP contribution is -2.41. The minimum Gasteiger partial charge on any atom is -0.326 e. The summed E-state index contributed by atoms with van der Waals surface area (Å²) < 4.78 is 66.9. The van der Waals surface area contributed by atoms with Crippen molar-refractivity contribution >= 4 is 31.6 Å². The van der Waals surface area contributed by atoms with Crippen LogP contribution in [0.1, 0.15) is 24.0 Å². The summed E-state index contributed by atoms with van der Waals surface area (Å²) in [6, 6.07) is 8.21. The molecule has 33 heavy (non-hydrogen) atoms. The third kappa shape index (κ3) is 5.11. The summed E-state index contributed by atoms with van der Waals surface area (Å²) in [4.78, 5) is 12.6. The molecule has 0 spiro atoms. The number of hydrogen-bond donors (Lipinski definition) is 1. The second-order valence-corrected chi connectivity index (χ2v) is 12.4. The Morgan fingerprint density at radius 2 is 1.67 bits per heavy atom. The van der Waals surface area contributed by atoms with Gasteiger partial charge in [-0.2, -0.15) is 4.31 Å². The topological polar surface area (TPSA) is 104 Å². The zero-order chi connectivity index (χ0) is 24.6. The number of amides is 1.